The standard InChI is InChI=1S/C21H34N2.ClH/c1-3-5-7-8-9-10-11-12-17-21-22-19-15-13-14-16-20(19)23(21)18-6-4-2;/h13-16H,3-12,17-18H2,1-2H3;1H. The third kappa shape index (κ3) is 6.47. The van der Waals surface area contributed by atoms with Crippen LogP contribution in [0.4, 0.5) is 0 Å². The Morgan fingerprint density at radius 2 is 1.42 bits per heavy atom. The van der Waals surface area contributed by atoms with Crippen LogP contribution in [0.2, 0.25) is 0 Å². The predicted molar refractivity (Wildman–Crippen MR) is 108 cm³/mol. The van der Waals surface area contributed by atoms with Gasteiger partial charge in [0, 0.05) is 13.0 Å². The van der Waals surface area contributed by atoms with E-state index in [0.717, 1.165) is 18.5 Å². The average molecular weight is 351 g/mol. The first-order chi connectivity index (χ1) is 11.4. The molecule has 0 saturated carbocycles. The van der Waals surface area contributed by atoms with Crippen LogP contribution in [0, 0.1) is 0 Å². The lowest BCUT2D eigenvalue weighted by Gasteiger charge is -2.08. The van der Waals surface area contributed by atoms with Crippen LogP contribution < -0.4 is 0 Å². The molecule has 1 aromatic heterocycles. The topological polar surface area (TPSA) is 17.8 Å². The lowest BCUT2D eigenvalue weighted by molar-refractivity contribution is 0.559. The van der Waals surface area contributed by atoms with Crippen molar-refractivity contribution in [1.82, 2.24) is 9.55 Å². The highest BCUT2D eigenvalue weighted by atomic mass is 35.5. The number of hydrogen-bond donors (Lipinski definition) is 0. The fourth-order valence-corrected chi connectivity index (χ4v) is 3.30. The number of para-hydroxylation sites is 2. The minimum absolute atomic E-state index is 0. The number of nitrogens with zero attached hydrogens (tertiary/aromatic N) is 2. The van der Waals surface area contributed by atoms with E-state index < -0.39 is 0 Å². The highest BCUT2D eigenvalue weighted by Crippen LogP contribution is 2.19. The largest absolute Gasteiger partial charge is 0.328 e. The first-order valence-corrected chi connectivity index (χ1v) is 9.81. The normalized spacial score (nSPS) is 10.9. The molecular weight excluding hydrogens is 316 g/mol. The van der Waals surface area contributed by atoms with Crippen LogP contribution in [0.5, 0.6) is 0 Å². The van der Waals surface area contributed by atoms with E-state index in [1.165, 1.54) is 75.5 Å². The number of imidazole rings is 1. The van der Waals surface area contributed by atoms with Crippen LogP contribution in [0.3, 0.4) is 0 Å². The van der Waals surface area contributed by atoms with Crippen LogP contribution in [0.15, 0.2) is 24.3 Å². The Morgan fingerprint density at radius 3 is 2.12 bits per heavy atom. The molecule has 0 bridgehead atoms. The highest BCUT2D eigenvalue weighted by molar-refractivity contribution is 5.85. The van der Waals surface area contributed by atoms with Gasteiger partial charge in [-0.2, -0.15) is 0 Å². The summed E-state index contributed by atoms with van der Waals surface area (Å²) in [5.41, 5.74) is 2.48. The molecule has 0 aliphatic heterocycles. The van der Waals surface area contributed by atoms with Crippen molar-refractivity contribution in [2.45, 2.75) is 91.0 Å². The fraction of sp³-hybridized carbons (Fsp3) is 0.667. The molecule has 0 aliphatic carbocycles. The number of hydrogen-bond acceptors (Lipinski definition) is 1. The maximum Gasteiger partial charge on any atom is 0.109 e. The molecule has 0 N–H and O–H groups in total. The molecule has 0 radical (unpaired) electrons. The Balaban J connectivity index is 0.00000288. The summed E-state index contributed by atoms with van der Waals surface area (Å²) in [5.74, 6) is 1.30. The average Bonchev–Trinajstić information content (AvgIpc) is 2.93. The second-order valence-electron chi connectivity index (χ2n) is 6.75. The molecule has 0 unspecified atom stereocenters. The molecule has 0 amide bonds. The number of aryl methyl sites for hydroxylation is 2. The minimum Gasteiger partial charge on any atom is -0.328 e. The van der Waals surface area contributed by atoms with Crippen molar-refractivity contribution in [3.63, 3.8) is 0 Å². The number of rotatable bonds is 12. The van der Waals surface area contributed by atoms with Gasteiger partial charge in [-0.15, -0.1) is 12.4 Å². The maximum atomic E-state index is 4.89. The van der Waals surface area contributed by atoms with E-state index >= 15 is 0 Å². The number of halogens is 1. The van der Waals surface area contributed by atoms with E-state index in [-0.39, 0.29) is 12.4 Å². The van der Waals surface area contributed by atoms with E-state index in [4.69, 9.17) is 4.98 Å². The smallest absolute Gasteiger partial charge is 0.109 e. The molecule has 0 saturated heterocycles. The van der Waals surface area contributed by atoms with Gasteiger partial charge in [-0.25, -0.2) is 4.98 Å². The van der Waals surface area contributed by atoms with Gasteiger partial charge < -0.3 is 4.57 Å². The number of fused-ring (bicyclic) bond motifs is 1. The summed E-state index contributed by atoms with van der Waals surface area (Å²) < 4.78 is 2.46. The van der Waals surface area contributed by atoms with E-state index in [2.05, 4.69) is 42.7 Å². The second kappa shape index (κ2) is 12.4. The summed E-state index contributed by atoms with van der Waals surface area (Å²) >= 11 is 0. The lowest BCUT2D eigenvalue weighted by atomic mass is 10.1. The molecule has 2 nitrogen and oxygen atoms in total. The number of benzene rings is 1. The molecule has 0 fully saturated rings. The molecule has 2 rings (SSSR count). The van der Waals surface area contributed by atoms with Gasteiger partial charge in [-0.05, 0) is 25.0 Å². The van der Waals surface area contributed by atoms with Crippen LogP contribution >= 0.6 is 12.4 Å². The Morgan fingerprint density at radius 1 is 0.792 bits per heavy atom. The zero-order valence-corrected chi connectivity index (χ0v) is 16.4. The Bertz CT molecular complexity index is 562. The molecule has 0 spiro atoms. The van der Waals surface area contributed by atoms with Gasteiger partial charge >= 0.3 is 0 Å². The molecule has 2 aromatic rings. The fourth-order valence-electron chi connectivity index (χ4n) is 3.30. The summed E-state index contributed by atoms with van der Waals surface area (Å²) in [6, 6.07) is 8.59. The molecule has 3 heteroatoms. The Kier molecular flexibility index (Phi) is 10.8. The third-order valence-electron chi connectivity index (χ3n) is 4.72. The van der Waals surface area contributed by atoms with Crippen molar-refractivity contribution in [2.24, 2.45) is 0 Å². The monoisotopic (exact) mass is 350 g/mol. The molecule has 0 atom stereocenters. The van der Waals surface area contributed by atoms with Crippen LogP contribution in [0.25, 0.3) is 11.0 Å². The zero-order valence-electron chi connectivity index (χ0n) is 15.6. The summed E-state index contributed by atoms with van der Waals surface area (Å²) in [5, 5.41) is 0. The summed E-state index contributed by atoms with van der Waals surface area (Å²) in [6.07, 6.45) is 14.6. The van der Waals surface area contributed by atoms with Gasteiger partial charge in [0.05, 0.1) is 11.0 Å². The van der Waals surface area contributed by atoms with Gasteiger partial charge in [0.1, 0.15) is 5.82 Å². The van der Waals surface area contributed by atoms with Crippen molar-refractivity contribution < 1.29 is 0 Å². The van der Waals surface area contributed by atoms with Crippen LogP contribution in [0.1, 0.15) is 83.9 Å². The second-order valence-corrected chi connectivity index (χ2v) is 6.75. The first kappa shape index (κ1) is 21.0. The van der Waals surface area contributed by atoms with Gasteiger partial charge in [0.15, 0.2) is 0 Å². The van der Waals surface area contributed by atoms with Crippen LogP contribution in [-0.4, -0.2) is 9.55 Å². The van der Waals surface area contributed by atoms with Crippen molar-refractivity contribution in [2.75, 3.05) is 0 Å². The van der Waals surface area contributed by atoms with E-state index in [9.17, 15) is 0 Å². The van der Waals surface area contributed by atoms with Crippen LogP contribution in [-0.2, 0) is 13.0 Å². The van der Waals surface area contributed by atoms with E-state index in [0.29, 0.717) is 0 Å². The minimum atomic E-state index is 0. The van der Waals surface area contributed by atoms with Crippen molar-refractivity contribution in [3.8, 4) is 0 Å². The molecule has 136 valence electrons. The summed E-state index contributed by atoms with van der Waals surface area (Å²) in [4.78, 5) is 4.89. The molecule has 1 aromatic carbocycles. The van der Waals surface area contributed by atoms with Crippen molar-refractivity contribution in [1.29, 1.82) is 0 Å². The van der Waals surface area contributed by atoms with E-state index in [1.54, 1.807) is 0 Å². The number of unbranched alkanes of at least 4 members (excludes halogenated alkanes) is 8. The maximum absolute atomic E-state index is 4.89. The van der Waals surface area contributed by atoms with Gasteiger partial charge in [0.2, 0.25) is 0 Å². The number of aromatic nitrogens is 2. The third-order valence-corrected chi connectivity index (χ3v) is 4.72. The van der Waals surface area contributed by atoms with E-state index in [1.807, 2.05) is 0 Å². The molecular formula is C21H35ClN2. The van der Waals surface area contributed by atoms with Gasteiger partial charge in [-0.3, -0.25) is 0 Å². The summed E-state index contributed by atoms with van der Waals surface area (Å²) in [6.45, 7) is 5.66. The first-order valence-electron chi connectivity index (χ1n) is 9.81. The zero-order chi connectivity index (χ0) is 16.3. The summed E-state index contributed by atoms with van der Waals surface area (Å²) in [7, 11) is 0. The SMILES string of the molecule is CCCCCCCCCCc1nc2ccccc2n1CCCC.Cl. The molecule has 0 aliphatic rings. The van der Waals surface area contributed by atoms with Crippen molar-refractivity contribution in [3.05, 3.63) is 30.1 Å². The molecule has 1 heterocycles. The Labute approximate surface area is 154 Å². The van der Waals surface area contributed by atoms with Gasteiger partial charge in [-0.1, -0.05) is 77.3 Å². The van der Waals surface area contributed by atoms with Crippen molar-refractivity contribution >= 4 is 23.4 Å². The predicted octanol–water partition coefficient (Wildman–Crippen LogP) is 6.94. The molecule has 24 heavy (non-hydrogen) atoms. The van der Waals surface area contributed by atoms with Gasteiger partial charge in [0.25, 0.3) is 0 Å². The quantitative estimate of drug-likeness (QED) is 0.379. The Hall–Kier alpha value is -1.02. The lowest BCUT2D eigenvalue weighted by Crippen LogP contribution is -2.04. The highest BCUT2D eigenvalue weighted by Gasteiger charge is 2.09.